The molecule has 0 unspecified atom stereocenters. The standard InChI is InChI=1S/C42H30N4S/c43-40(36-24-14-13-23-34(36)29-15-5-1-6-16-29)47-41(44)37-27-33(25-26-35(37)30-17-7-2-8-18-30)39-28-38(31-19-9-3-10-20-31)45-42(46-39)32-21-11-4-12-22-32/h1-28,43-44H. The van der Waals surface area contributed by atoms with Gasteiger partial charge < -0.3 is 0 Å². The highest BCUT2D eigenvalue weighted by atomic mass is 32.2. The summed E-state index contributed by atoms with van der Waals surface area (Å²) < 4.78 is 0. The zero-order chi connectivity index (χ0) is 32.0. The van der Waals surface area contributed by atoms with Gasteiger partial charge in [-0.1, -0.05) is 169 Å². The van der Waals surface area contributed by atoms with Crippen molar-refractivity contribution in [2.75, 3.05) is 0 Å². The Kier molecular flexibility index (Phi) is 8.62. The van der Waals surface area contributed by atoms with Gasteiger partial charge in [-0.3, -0.25) is 10.8 Å². The first-order chi connectivity index (χ1) is 23.1. The van der Waals surface area contributed by atoms with Crippen molar-refractivity contribution < 1.29 is 0 Å². The lowest BCUT2D eigenvalue weighted by atomic mass is 9.96. The van der Waals surface area contributed by atoms with Crippen molar-refractivity contribution in [3.8, 4) is 56.2 Å². The summed E-state index contributed by atoms with van der Waals surface area (Å²) in [4.78, 5) is 9.97. The van der Waals surface area contributed by atoms with Crippen molar-refractivity contribution in [1.82, 2.24) is 9.97 Å². The first kappa shape index (κ1) is 29.8. The third-order valence-electron chi connectivity index (χ3n) is 7.93. The number of aromatic nitrogens is 2. The molecule has 6 aromatic carbocycles. The fourth-order valence-corrected chi connectivity index (χ4v) is 6.36. The van der Waals surface area contributed by atoms with Crippen molar-refractivity contribution in [3.05, 3.63) is 181 Å². The molecule has 0 saturated heterocycles. The number of nitrogens with one attached hydrogen (secondary N) is 2. The Balaban J connectivity index is 1.32. The quantitative estimate of drug-likeness (QED) is 0.137. The van der Waals surface area contributed by atoms with Crippen LogP contribution in [-0.4, -0.2) is 20.1 Å². The predicted molar refractivity (Wildman–Crippen MR) is 197 cm³/mol. The van der Waals surface area contributed by atoms with Gasteiger partial charge >= 0.3 is 0 Å². The van der Waals surface area contributed by atoms with E-state index >= 15 is 0 Å². The lowest BCUT2D eigenvalue weighted by molar-refractivity contribution is 1.18. The smallest absolute Gasteiger partial charge is 0.160 e. The van der Waals surface area contributed by atoms with Gasteiger partial charge in [0.15, 0.2) is 5.82 Å². The monoisotopic (exact) mass is 622 g/mol. The van der Waals surface area contributed by atoms with E-state index < -0.39 is 0 Å². The molecule has 7 rings (SSSR count). The third kappa shape index (κ3) is 6.57. The predicted octanol–water partition coefficient (Wildman–Crippen LogP) is 10.9. The molecular weight excluding hydrogens is 593 g/mol. The van der Waals surface area contributed by atoms with Crippen molar-refractivity contribution in [2.45, 2.75) is 0 Å². The number of hydrogen-bond acceptors (Lipinski definition) is 5. The van der Waals surface area contributed by atoms with Gasteiger partial charge in [0.2, 0.25) is 0 Å². The molecule has 4 nitrogen and oxygen atoms in total. The van der Waals surface area contributed by atoms with Crippen molar-refractivity contribution >= 4 is 21.8 Å². The maximum Gasteiger partial charge on any atom is 0.160 e. The van der Waals surface area contributed by atoms with Gasteiger partial charge in [-0.05, 0) is 34.4 Å². The topological polar surface area (TPSA) is 73.5 Å². The van der Waals surface area contributed by atoms with Gasteiger partial charge in [0.05, 0.1) is 11.4 Å². The highest BCUT2D eigenvalue weighted by molar-refractivity contribution is 8.27. The Labute approximate surface area is 278 Å². The molecule has 1 heterocycles. The van der Waals surface area contributed by atoms with Gasteiger partial charge in [-0.2, -0.15) is 0 Å². The normalized spacial score (nSPS) is 10.8. The van der Waals surface area contributed by atoms with Crippen LogP contribution in [0.1, 0.15) is 11.1 Å². The fraction of sp³-hybridized carbons (Fsp3) is 0. The Hall–Kier alpha value is -5.91. The summed E-state index contributed by atoms with van der Waals surface area (Å²) in [5.74, 6) is 0.638. The van der Waals surface area contributed by atoms with Crippen molar-refractivity contribution in [2.24, 2.45) is 0 Å². The molecule has 0 saturated carbocycles. The number of thioether (sulfide) groups is 1. The Morgan fingerprint density at radius 2 is 0.830 bits per heavy atom. The summed E-state index contributed by atoms with van der Waals surface area (Å²) in [5, 5.41) is 19.1. The van der Waals surface area contributed by atoms with Crippen LogP contribution in [0.5, 0.6) is 0 Å². The SMILES string of the molecule is N=C(SC(=N)c1cc(-c2cc(-c3ccccc3)nc(-c3ccccc3)n2)ccc1-c1ccccc1)c1ccccc1-c1ccccc1. The zero-order valence-corrected chi connectivity index (χ0v) is 26.3. The summed E-state index contributed by atoms with van der Waals surface area (Å²) in [6, 6.07) is 56.4. The molecule has 47 heavy (non-hydrogen) atoms. The molecule has 0 atom stereocenters. The van der Waals surface area contributed by atoms with E-state index in [4.69, 9.17) is 15.4 Å². The molecule has 0 aliphatic heterocycles. The molecule has 0 bridgehead atoms. The molecule has 7 aromatic rings. The molecule has 0 fully saturated rings. The molecule has 0 aliphatic carbocycles. The van der Waals surface area contributed by atoms with Crippen LogP contribution in [0.4, 0.5) is 0 Å². The van der Waals surface area contributed by atoms with Crippen LogP contribution in [-0.2, 0) is 0 Å². The minimum absolute atomic E-state index is 0.291. The van der Waals surface area contributed by atoms with Crippen LogP contribution < -0.4 is 0 Å². The summed E-state index contributed by atoms with van der Waals surface area (Å²) in [6.45, 7) is 0. The van der Waals surface area contributed by atoms with Crippen LogP contribution in [0.2, 0.25) is 0 Å². The van der Waals surface area contributed by atoms with Gasteiger partial charge in [-0.25, -0.2) is 9.97 Å². The summed E-state index contributed by atoms with van der Waals surface area (Å²) in [5.41, 5.74) is 9.88. The van der Waals surface area contributed by atoms with Gasteiger partial charge in [0.25, 0.3) is 0 Å². The summed E-state index contributed by atoms with van der Waals surface area (Å²) in [7, 11) is 0. The highest BCUT2D eigenvalue weighted by Crippen LogP contribution is 2.35. The molecule has 0 amide bonds. The van der Waals surface area contributed by atoms with E-state index in [1.54, 1.807) is 0 Å². The molecule has 1 aromatic heterocycles. The average molecular weight is 623 g/mol. The first-order valence-corrected chi connectivity index (χ1v) is 16.2. The molecule has 2 N–H and O–H groups in total. The van der Waals surface area contributed by atoms with E-state index in [1.807, 2.05) is 133 Å². The highest BCUT2D eigenvalue weighted by Gasteiger charge is 2.18. The van der Waals surface area contributed by atoms with Gasteiger partial charge in [0, 0.05) is 27.8 Å². The lowest BCUT2D eigenvalue weighted by Gasteiger charge is -2.16. The summed E-state index contributed by atoms with van der Waals surface area (Å²) >= 11 is 1.16. The zero-order valence-electron chi connectivity index (χ0n) is 25.5. The number of rotatable bonds is 7. The first-order valence-electron chi connectivity index (χ1n) is 15.3. The molecule has 0 aliphatic rings. The lowest BCUT2D eigenvalue weighted by Crippen LogP contribution is -2.05. The molecule has 0 radical (unpaired) electrons. The van der Waals surface area contributed by atoms with E-state index in [1.165, 1.54) is 0 Å². The maximum absolute atomic E-state index is 9.38. The van der Waals surface area contributed by atoms with Crippen LogP contribution in [0, 0.1) is 10.8 Å². The number of hydrogen-bond donors (Lipinski definition) is 2. The number of nitrogens with zero attached hydrogens (tertiary/aromatic N) is 2. The number of benzene rings is 6. The Morgan fingerprint density at radius 1 is 0.383 bits per heavy atom. The van der Waals surface area contributed by atoms with Crippen molar-refractivity contribution in [3.63, 3.8) is 0 Å². The van der Waals surface area contributed by atoms with E-state index in [-0.39, 0.29) is 0 Å². The van der Waals surface area contributed by atoms with Crippen LogP contribution in [0.25, 0.3) is 56.2 Å². The van der Waals surface area contributed by atoms with E-state index in [0.717, 1.165) is 73.2 Å². The van der Waals surface area contributed by atoms with E-state index in [0.29, 0.717) is 15.9 Å². The average Bonchev–Trinajstić information content (AvgIpc) is 3.16. The maximum atomic E-state index is 9.38. The second kappa shape index (κ2) is 13.6. The third-order valence-corrected chi connectivity index (χ3v) is 8.78. The van der Waals surface area contributed by atoms with E-state index in [9.17, 15) is 5.41 Å². The Morgan fingerprint density at radius 3 is 1.43 bits per heavy atom. The second-order valence-electron chi connectivity index (χ2n) is 11.0. The van der Waals surface area contributed by atoms with Crippen molar-refractivity contribution in [1.29, 1.82) is 10.8 Å². The van der Waals surface area contributed by atoms with Crippen LogP contribution in [0.15, 0.2) is 170 Å². The minimum Gasteiger partial charge on any atom is -0.293 e. The van der Waals surface area contributed by atoms with Gasteiger partial charge in [-0.15, -0.1) is 0 Å². The fourth-order valence-electron chi connectivity index (χ4n) is 5.59. The largest absolute Gasteiger partial charge is 0.293 e. The van der Waals surface area contributed by atoms with E-state index in [2.05, 4.69) is 36.4 Å². The van der Waals surface area contributed by atoms with Crippen LogP contribution >= 0.6 is 11.8 Å². The molecular formula is C42H30N4S. The van der Waals surface area contributed by atoms with Crippen LogP contribution in [0.3, 0.4) is 0 Å². The molecule has 224 valence electrons. The second-order valence-corrected chi connectivity index (χ2v) is 12.0. The molecule has 0 spiro atoms. The minimum atomic E-state index is 0.291. The van der Waals surface area contributed by atoms with Gasteiger partial charge in [0.1, 0.15) is 10.1 Å². The summed E-state index contributed by atoms with van der Waals surface area (Å²) in [6.07, 6.45) is 0. The Bertz CT molecular complexity index is 2120. The molecule has 5 heteroatoms.